The maximum Gasteiger partial charge on any atom is 0.316 e. The smallest absolute Gasteiger partial charge is 0.316 e. The minimum atomic E-state index is -1.05. The molecule has 0 spiro atoms. The van der Waals surface area contributed by atoms with Gasteiger partial charge in [0, 0.05) is 17.3 Å². The monoisotopic (exact) mass is 508 g/mol. The lowest BCUT2D eigenvalue weighted by Crippen LogP contribution is -2.64. The zero-order valence-corrected chi connectivity index (χ0v) is 21.6. The van der Waals surface area contributed by atoms with Gasteiger partial charge in [-0.3, -0.25) is 14.4 Å². The van der Waals surface area contributed by atoms with Crippen molar-refractivity contribution in [2.75, 3.05) is 11.5 Å². The summed E-state index contributed by atoms with van der Waals surface area (Å²) in [7, 11) is 0. The summed E-state index contributed by atoms with van der Waals surface area (Å²) >= 11 is 1.06. The fraction of sp³-hybridized carbons (Fsp3) is 0.708. The topological polar surface area (TPSA) is 168 Å². The van der Waals surface area contributed by atoms with Gasteiger partial charge in [0.2, 0.25) is 11.1 Å². The van der Waals surface area contributed by atoms with Crippen molar-refractivity contribution in [3.8, 4) is 0 Å². The Balaban J connectivity index is 1.99. The van der Waals surface area contributed by atoms with E-state index in [1.165, 1.54) is 0 Å². The van der Waals surface area contributed by atoms with Gasteiger partial charge in [0.1, 0.15) is 11.9 Å². The number of nitrogens with two attached hydrogens (primary N) is 1. The van der Waals surface area contributed by atoms with Crippen molar-refractivity contribution in [2.24, 2.45) is 28.1 Å². The molecule has 7 atom stereocenters. The molecule has 1 aromatic heterocycles. The van der Waals surface area contributed by atoms with Crippen molar-refractivity contribution in [1.82, 2.24) is 15.2 Å². The second-order valence-electron chi connectivity index (χ2n) is 10.5. The number of fused-ring (bicyclic) bond motifs is 2. The molecule has 2 aliphatic carbocycles. The third-order valence-corrected chi connectivity index (χ3v) is 9.45. The van der Waals surface area contributed by atoms with Crippen LogP contribution in [0.1, 0.15) is 59.8 Å². The van der Waals surface area contributed by atoms with E-state index in [1.807, 2.05) is 27.7 Å². The quantitative estimate of drug-likeness (QED) is 0.233. The van der Waals surface area contributed by atoms with Crippen molar-refractivity contribution in [2.45, 2.75) is 77.2 Å². The van der Waals surface area contributed by atoms with Gasteiger partial charge >= 0.3 is 11.9 Å². The van der Waals surface area contributed by atoms with Crippen LogP contribution in [0.4, 0.5) is 5.95 Å². The number of carbonyl (C=O) groups excluding carboxylic acids is 2. The van der Waals surface area contributed by atoms with Crippen LogP contribution in [0.3, 0.4) is 0 Å². The first-order valence-corrected chi connectivity index (χ1v) is 12.9. The number of Topliss-reactive ketones (excluding diaryl/α,β-unsaturated/α-hetero) is 1. The number of rotatable bonds is 8. The molecule has 2 aliphatic rings. The fourth-order valence-electron chi connectivity index (χ4n) is 5.95. The van der Waals surface area contributed by atoms with Crippen LogP contribution in [0.2, 0.25) is 0 Å². The van der Waals surface area contributed by atoms with E-state index in [4.69, 9.17) is 10.5 Å². The predicted octanol–water partition coefficient (Wildman–Crippen LogP) is 2.84. The molecule has 0 saturated heterocycles. The molecular weight excluding hydrogens is 472 g/mol. The number of nitrogen functional groups attached to an aromatic ring is 1. The van der Waals surface area contributed by atoms with Crippen LogP contribution in [-0.4, -0.2) is 61.1 Å². The summed E-state index contributed by atoms with van der Waals surface area (Å²) in [6.07, 6.45) is 1.15. The van der Waals surface area contributed by atoms with Crippen molar-refractivity contribution in [3.63, 3.8) is 0 Å². The van der Waals surface area contributed by atoms with Gasteiger partial charge < -0.3 is 20.7 Å². The number of aliphatic carboxylic acids is 1. The SMILES string of the molecule is C=C[C@]1(C)C[C@@H](OC(=O)CSc2n[nH]c(N)n2)[C@@]2(C)C(=O)[C@](CCC(=O)O)(CCC2C)[C@@H](C)[C@@H]1O. The Morgan fingerprint density at radius 1 is 1.37 bits per heavy atom. The van der Waals surface area contributed by atoms with Gasteiger partial charge in [0.15, 0.2) is 0 Å². The third kappa shape index (κ3) is 4.84. The first-order chi connectivity index (χ1) is 16.3. The maximum absolute atomic E-state index is 14.3. The largest absolute Gasteiger partial charge is 0.481 e. The number of carboxylic acids is 1. The molecule has 5 N–H and O–H groups in total. The molecule has 2 bridgehead atoms. The van der Waals surface area contributed by atoms with Gasteiger partial charge in [-0.25, -0.2) is 5.10 Å². The number of aromatic amines is 1. The van der Waals surface area contributed by atoms with E-state index in [2.05, 4.69) is 21.8 Å². The Morgan fingerprint density at radius 2 is 2.06 bits per heavy atom. The van der Waals surface area contributed by atoms with E-state index < -0.39 is 46.3 Å². The van der Waals surface area contributed by atoms with Crippen molar-refractivity contribution >= 4 is 35.4 Å². The van der Waals surface area contributed by atoms with Gasteiger partial charge in [-0.1, -0.05) is 38.6 Å². The Labute approximate surface area is 209 Å². The predicted molar refractivity (Wildman–Crippen MR) is 130 cm³/mol. The number of esters is 1. The Hall–Kier alpha value is -2.40. The standard InChI is InChI=1S/C24H36N4O6S/c1-6-22(4)11-15(34-17(31)12-35-21-26-20(25)27-28-21)23(5)13(2)7-9-24(19(23)33,10-8-16(29)30)14(3)18(22)32/h6,13-15,18,32H,1,7-12H2,2-5H3,(H,29,30)(H3,25,26,27,28)/t13?,14-,15+,18-,22+,23-,24-/m0/s1. The number of carbonyl (C=O) groups is 3. The molecule has 0 radical (unpaired) electrons. The maximum atomic E-state index is 14.3. The lowest BCUT2D eigenvalue weighted by molar-refractivity contribution is -0.191. The fourth-order valence-corrected chi connectivity index (χ4v) is 6.54. The summed E-state index contributed by atoms with van der Waals surface area (Å²) in [6.45, 7) is 11.4. The van der Waals surface area contributed by atoms with Crippen LogP contribution >= 0.6 is 11.8 Å². The van der Waals surface area contributed by atoms with E-state index in [0.717, 1.165) is 11.8 Å². The summed E-state index contributed by atoms with van der Waals surface area (Å²) in [5.41, 5.74) is 2.58. The lowest BCUT2D eigenvalue weighted by atomic mass is 9.46. The Kier molecular flexibility index (Phi) is 7.71. The van der Waals surface area contributed by atoms with Gasteiger partial charge in [-0.15, -0.1) is 11.7 Å². The zero-order valence-electron chi connectivity index (χ0n) is 20.7. The number of aliphatic hydroxyl groups excluding tert-OH is 1. The Bertz CT molecular complexity index is 1000. The number of ether oxygens (including phenoxy) is 1. The molecule has 0 aliphatic heterocycles. The summed E-state index contributed by atoms with van der Waals surface area (Å²) in [5, 5.41) is 27.6. The number of ketones is 1. The highest BCUT2D eigenvalue weighted by atomic mass is 32.2. The van der Waals surface area contributed by atoms with E-state index in [1.54, 1.807) is 6.08 Å². The van der Waals surface area contributed by atoms with E-state index in [9.17, 15) is 24.6 Å². The zero-order chi connectivity index (χ0) is 26.2. The normalized spacial score (nSPS) is 37.2. The van der Waals surface area contributed by atoms with Crippen LogP contribution in [-0.2, 0) is 19.1 Å². The van der Waals surface area contributed by atoms with Gasteiger partial charge in [-0.2, -0.15) is 4.98 Å². The van der Waals surface area contributed by atoms with Crippen LogP contribution in [0.15, 0.2) is 17.8 Å². The van der Waals surface area contributed by atoms with E-state index in [-0.39, 0.29) is 42.7 Å². The first kappa shape index (κ1) is 27.2. The first-order valence-electron chi connectivity index (χ1n) is 11.9. The number of nitrogens with one attached hydrogen (secondary N) is 1. The highest BCUT2D eigenvalue weighted by molar-refractivity contribution is 7.99. The summed E-state index contributed by atoms with van der Waals surface area (Å²) in [6, 6.07) is 0. The molecule has 35 heavy (non-hydrogen) atoms. The number of anilines is 1. The highest BCUT2D eigenvalue weighted by Crippen LogP contribution is 2.59. The second-order valence-corrected chi connectivity index (χ2v) is 11.5. The molecule has 1 unspecified atom stereocenters. The van der Waals surface area contributed by atoms with Crippen LogP contribution in [0, 0.1) is 28.1 Å². The molecule has 0 aromatic carbocycles. The van der Waals surface area contributed by atoms with E-state index in [0.29, 0.717) is 18.0 Å². The molecule has 10 nitrogen and oxygen atoms in total. The average Bonchev–Trinajstić information content (AvgIpc) is 3.24. The molecule has 194 valence electrons. The number of nitrogens with zero attached hydrogens (tertiary/aromatic N) is 2. The number of thioether (sulfide) groups is 1. The number of aliphatic hydroxyl groups is 1. The number of carboxylic acid groups (broad SMARTS) is 1. The molecule has 0 amide bonds. The summed E-state index contributed by atoms with van der Waals surface area (Å²) in [4.78, 5) is 42.7. The lowest BCUT2D eigenvalue weighted by Gasteiger charge is -2.58. The van der Waals surface area contributed by atoms with Gasteiger partial charge in [-0.05, 0) is 44.4 Å². The number of H-pyrrole nitrogens is 1. The van der Waals surface area contributed by atoms with Crippen molar-refractivity contribution < 1.29 is 29.3 Å². The van der Waals surface area contributed by atoms with Crippen molar-refractivity contribution in [3.05, 3.63) is 12.7 Å². The summed E-state index contributed by atoms with van der Waals surface area (Å²) < 4.78 is 5.98. The second kappa shape index (κ2) is 9.93. The van der Waals surface area contributed by atoms with Crippen molar-refractivity contribution in [1.29, 1.82) is 0 Å². The molecule has 1 aromatic rings. The summed E-state index contributed by atoms with van der Waals surface area (Å²) in [5.74, 6) is -2.21. The van der Waals surface area contributed by atoms with Crippen LogP contribution < -0.4 is 5.73 Å². The van der Waals surface area contributed by atoms with Crippen LogP contribution in [0.5, 0.6) is 0 Å². The third-order valence-electron chi connectivity index (χ3n) is 8.63. The molecular formula is C24H36N4O6S. The molecule has 11 heteroatoms. The van der Waals surface area contributed by atoms with E-state index >= 15 is 0 Å². The van der Waals surface area contributed by atoms with Gasteiger partial charge in [0.05, 0.1) is 17.3 Å². The minimum absolute atomic E-state index is 0.0830. The average molecular weight is 509 g/mol. The highest BCUT2D eigenvalue weighted by Gasteiger charge is 2.64. The van der Waals surface area contributed by atoms with Crippen LogP contribution in [0.25, 0.3) is 0 Å². The Morgan fingerprint density at radius 3 is 2.63 bits per heavy atom. The molecule has 3 rings (SSSR count). The minimum Gasteiger partial charge on any atom is -0.481 e. The van der Waals surface area contributed by atoms with Gasteiger partial charge in [0.25, 0.3) is 0 Å². The number of hydrogen-bond acceptors (Lipinski definition) is 9. The molecule has 2 fully saturated rings. The number of aromatic nitrogens is 3. The molecule has 1 heterocycles. The number of hydrogen-bond donors (Lipinski definition) is 4. The molecule has 2 saturated carbocycles.